The lowest BCUT2D eigenvalue weighted by atomic mass is 10.2. The third-order valence-corrected chi connectivity index (χ3v) is 3.06. The zero-order chi connectivity index (χ0) is 15.4. The lowest BCUT2D eigenvalue weighted by molar-refractivity contribution is -0.385. The van der Waals surface area contributed by atoms with E-state index in [1.165, 1.54) is 19.2 Å². The second-order valence-electron chi connectivity index (χ2n) is 4.21. The maximum Gasteiger partial charge on any atom is 0.330 e. The molecular weight excluding hydrogens is 280 g/mol. The molecule has 1 aromatic heterocycles. The first-order valence-corrected chi connectivity index (χ1v) is 6.06. The van der Waals surface area contributed by atoms with Gasteiger partial charge in [-0.2, -0.15) is 5.26 Å². The van der Waals surface area contributed by atoms with Gasteiger partial charge in [0.25, 0.3) is 0 Å². The minimum Gasteiger partial charge on any atom is -0.467 e. The highest BCUT2D eigenvalue weighted by atomic mass is 16.6. The number of nitrogens with zero attached hydrogens (tertiary/aromatic N) is 4. The lowest BCUT2D eigenvalue weighted by Gasteiger charge is -2.34. The molecule has 0 spiro atoms. The Labute approximate surface area is 119 Å². The zero-order valence-corrected chi connectivity index (χ0v) is 11.2. The molecule has 9 nitrogen and oxygen atoms in total. The van der Waals surface area contributed by atoms with Crippen LogP contribution in [-0.4, -0.2) is 48.8 Å². The molecule has 0 bridgehead atoms. The zero-order valence-electron chi connectivity index (χ0n) is 11.2. The molecule has 110 valence electrons. The number of nitriles is 1. The van der Waals surface area contributed by atoms with Gasteiger partial charge >= 0.3 is 11.7 Å². The summed E-state index contributed by atoms with van der Waals surface area (Å²) in [6.07, 6.45) is 0. The Kier molecular flexibility index (Phi) is 4.30. The average molecular weight is 292 g/mol. The van der Waals surface area contributed by atoms with E-state index in [0.29, 0.717) is 19.0 Å². The Hall–Kier alpha value is -2.73. The summed E-state index contributed by atoms with van der Waals surface area (Å²) >= 11 is 0. The van der Waals surface area contributed by atoms with E-state index in [1.807, 2.05) is 0 Å². The number of carbonyl (C=O) groups is 1. The van der Waals surface area contributed by atoms with Crippen LogP contribution in [0.25, 0.3) is 0 Å². The second kappa shape index (κ2) is 6.15. The Morgan fingerprint density at radius 2 is 2.43 bits per heavy atom. The number of morpholine rings is 1. The monoisotopic (exact) mass is 292 g/mol. The topological polar surface area (TPSA) is 119 Å². The molecule has 9 heteroatoms. The number of methoxy groups -OCH3 is 1. The van der Waals surface area contributed by atoms with E-state index in [4.69, 9.17) is 14.7 Å². The molecule has 0 aromatic carbocycles. The fraction of sp³-hybridized carbons (Fsp3) is 0.417. The highest BCUT2D eigenvalue weighted by molar-refractivity contribution is 5.80. The Bertz CT molecular complexity index is 612. The van der Waals surface area contributed by atoms with E-state index in [9.17, 15) is 14.9 Å². The van der Waals surface area contributed by atoms with Crippen molar-refractivity contribution in [1.82, 2.24) is 4.98 Å². The summed E-state index contributed by atoms with van der Waals surface area (Å²) < 4.78 is 9.93. The van der Waals surface area contributed by atoms with E-state index in [1.54, 1.807) is 11.0 Å². The van der Waals surface area contributed by atoms with E-state index >= 15 is 0 Å². The summed E-state index contributed by atoms with van der Waals surface area (Å²) in [5.74, 6) is -0.191. The first-order chi connectivity index (χ1) is 10.1. The van der Waals surface area contributed by atoms with Gasteiger partial charge in [0.1, 0.15) is 11.9 Å². The number of hydrogen-bond acceptors (Lipinski definition) is 8. The summed E-state index contributed by atoms with van der Waals surface area (Å²) in [4.78, 5) is 27.4. The molecular formula is C12H12N4O5. The molecule has 1 unspecified atom stereocenters. The molecule has 2 heterocycles. The molecule has 1 aliphatic rings. The molecule has 0 saturated carbocycles. The number of esters is 1. The van der Waals surface area contributed by atoms with Crippen molar-refractivity contribution < 1.29 is 19.2 Å². The molecule has 0 aliphatic carbocycles. The SMILES string of the molecule is COC(=O)C1COCCN1c1ccc([N+](=O)[O-])c(C#N)n1. The van der Waals surface area contributed by atoms with Crippen LogP contribution in [0.2, 0.25) is 0 Å². The summed E-state index contributed by atoms with van der Waals surface area (Å²) in [7, 11) is 1.26. The highest BCUT2D eigenvalue weighted by Crippen LogP contribution is 2.23. The molecule has 1 atom stereocenters. The summed E-state index contributed by atoms with van der Waals surface area (Å²) in [6.45, 7) is 0.886. The van der Waals surface area contributed by atoms with Crippen LogP contribution < -0.4 is 4.90 Å². The van der Waals surface area contributed by atoms with Gasteiger partial charge in [-0.3, -0.25) is 10.1 Å². The summed E-state index contributed by atoms with van der Waals surface area (Å²) in [6, 6.07) is 3.60. The van der Waals surface area contributed by atoms with Crippen molar-refractivity contribution in [3.63, 3.8) is 0 Å². The summed E-state index contributed by atoms with van der Waals surface area (Å²) in [5.41, 5.74) is -0.670. The minimum absolute atomic E-state index is 0.132. The van der Waals surface area contributed by atoms with Crippen LogP contribution in [0, 0.1) is 21.4 Å². The van der Waals surface area contributed by atoms with Crippen molar-refractivity contribution in [1.29, 1.82) is 5.26 Å². The largest absolute Gasteiger partial charge is 0.467 e. The number of hydrogen-bond donors (Lipinski definition) is 0. The normalized spacial score (nSPS) is 17.9. The van der Waals surface area contributed by atoms with Crippen LogP contribution in [0.1, 0.15) is 5.69 Å². The van der Waals surface area contributed by atoms with Crippen molar-refractivity contribution >= 4 is 17.5 Å². The van der Waals surface area contributed by atoms with Gasteiger partial charge < -0.3 is 14.4 Å². The molecule has 1 fully saturated rings. The third-order valence-electron chi connectivity index (χ3n) is 3.06. The van der Waals surface area contributed by atoms with E-state index < -0.39 is 16.9 Å². The number of nitro groups is 1. The minimum atomic E-state index is -0.691. The van der Waals surface area contributed by atoms with Crippen molar-refractivity contribution in [2.24, 2.45) is 0 Å². The highest BCUT2D eigenvalue weighted by Gasteiger charge is 2.32. The van der Waals surface area contributed by atoms with E-state index in [2.05, 4.69) is 4.98 Å². The molecule has 0 N–H and O–H groups in total. The van der Waals surface area contributed by atoms with Crippen LogP contribution in [0.15, 0.2) is 12.1 Å². The molecule has 1 aliphatic heterocycles. The standard InChI is InChI=1S/C12H12N4O5/c1-20-12(17)10-7-21-5-4-15(10)11-3-2-9(16(18)19)8(6-13)14-11/h2-3,10H,4-5,7H2,1H3. The number of pyridine rings is 1. The predicted octanol–water partition coefficient (Wildman–Crippen LogP) is 0.240. The molecule has 2 rings (SSSR count). The molecule has 0 radical (unpaired) electrons. The first kappa shape index (κ1) is 14.7. The number of carbonyl (C=O) groups excluding carboxylic acids is 1. The van der Waals surface area contributed by atoms with Crippen LogP contribution >= 0.6 is 0 Å². The van der Waals surface area contributed by atoms with Gasteiger partial charge in [0.05, 0.1) is 25.2 Å². The van der Waals surface area contributed by atoms with Crippen LogP contribution in [0.4, 0.5) is 11.5 Å². The van der Waals surface area contributed by atoms with Crippen molar-refractivity contribution in [3.8, 4) is 6.07 Å². The fourth-order valence-electron chi connectivity index (χ4n) is 2.04. The summed E-state index contributed by atoms with van der Waals surface area (Å²) in [5, 5.41) is 19.8. The van der Waals surface area contributed by atoms with Gasteiger partial charge in [-0.25, -0.2) is 9.78 Å². The van der Waals surface area contributed by atoms with E-state index in [-0.39, 0.29) is 18.0 Å². The van der Waals surface area contributed by atoms with Gasteiger partial charge in [0.2, 0.25) is 5.69 Å². The maximum atomic E-state index is 11.7. The number of aromatic nitrogens is 1. The number of rotatable bonds is 3. The van der Waals surface area contributed by atoms with Crippen molar-refractivity contribution in [2.45, 2.75) is 6.04 Å². The van der Waals surface area contributed by atoms with Gasteiger partial charge in [-0.05, 0) is 6.07 Å². The van der Waals surface area contributed by atoms with Crippen molar-refractivity contribution in [2.75, 3.05) is 31.8 Å². The molecule has 0 amide bonds. The molecule has 21 heavy (non-hydrogen) atoms. The Morgan fingerprint density at radius 3 is 3.05 bits per heavy atom. The number of anilines is 1. The van der Waals surface area contributed by atoms with Gasteiger partial charge in [-0.1, -0.05) is 0 Å². The van der Waals surface area contributed by atoms with Crippen molar-refractivity contribution in [3.05, 3.63) is 27.9 Å². The van der Waals surface area contributed by atoms with Crippen LogP contribution in [-0.2, 0) is 14.3 Å². The first-order valence-electron chi connectivity index (χ1n) is 6.06. The van der Waals surface area contributed by atoms with Crippen LogP contribution in [0.3, 0.4) is 0 Å². The van der Waals surface area contributed by atoms with Crippen LogP contribution in [0.5, 0.6) is 0 Å². The smallest absolute Gasteiger partial charge is 0.330 e. The Balaban J connectivity index is 2.38. The quantitative estimate of drug-likeness (QED) is 0.441. The number of ether oxygens (including phenoxy) is 2. The Morgan fingerprint density at radius 1 is 1.67 bits per heavy atom. The predicted molar refractivity (Wildman–Crippen MR) is 69.6 cm³/mol. The van der Waals surface area contributed by atoms with Gasteiger partial charge in [0, 0.05) is 12.6 Å². The lowest BCUT2D eigenvalue weighted by Crippen LogP contribution is -2.51. The second-order valence-corrected chi connectivity index (χ2v) is 4.21. The molecule has 1 saturated heterocycles. The average Bonchev–Trinajstić information content (AvgIpc) is 2.53. The van der Waals surface area contributed by atoms with E-state index in [0.717, 1.165) is 0 Å². The third kappa shape index (κ3) is 2.90. The maximum absolute atomic E-state index is 11.7. The molecule has 1 aromatic rings. The van der Waals surface area contributed by atoms with Gasteiger partial charge in [-0.15, -0.1) is 0 Å². The fourth-order valence-corrected chi connectivity index (χ4v) is 2.04. The van der Waals surface area contributed by atoms with Gasteiger partial charge in [0.15, 0.2) is 6.04 Å².